The summed E-state index contributed by atoms with van der Waals surface area (Å²) in [6.45, 7) is 11.6. The minimum Gasteiger partial charge on any atom is -0.465 e. The van der Waals surface area contributed by atoms with Crippen molar-refractivity contribution < 1.29 is 4.42 Å². The first kappa shape index (κ1) is 12.1. The molecule has 84 valence electrons. The molecule has 0 bridgehead atoms. The van der Waals surface area contributed by atoms with Crippen molar-refractivity contribution in [2.75, 3.05) is 6.54 Å². The van der Waals surface area contributed by atoms with Crippen LogP contribution >= 0.6 is 0 Å². The van der Waals surface area contributed by atoms with Crippen LogP contribution in [0.3, 0.4) is 0 Å². The zero-order chi connectivity index (χ0) is 11.5. The van der Waals surface area contributed by atoms with Crippen molar-refractivity contribution in [3.63, 3.8) is 0 Å². The maximum absolute atomic E-state index is 5.36. The second kappa shape index (κ2) is 4.67. The number of aryl methyl sites for hydroxylation is 1. The van der Waals surface area contributed by atoms with Crippen molar-refractivity contribution in [3.05, 3.63) is 29.2 Å². The normalized spacial score (nSPS) is 13.3. The van der Waals surface area contributed by atoms with Crippen LogP contribution in [0.2, 0.25) is 0 Å². The van der Waals surface area contributed by atoms with E-state index in [1.54, 1.807) is 6.26 Å². The van der Waals surface area contributed by atoms with E-state index in [0.29, 0.717) is 0 Å². The molecular weight excluding hydrogens is 186 g/mol. The van der Waals surface area contributed by atoms with Crippen LogP contribution in [-0.4, -0.2) is 12.1 Å². The maximum Gasteiger partial charge on any atom is 0.129 e. The van der Waals surface area contributed by atoms with Gasteiger partial charge < -0.3 is 9.73 Å². The molecule has 0 aliphatic rings. The third kappa shape index (κ3) is 4.34. The first-order valence-corrected chi connectivity index (χ1v) is 5.35. The molecule has 2 nitrogen and oxygen atoms in total. The lowest BCUT2D eigenvalue weighted by molar-refractivity contribution is 0.444. The molecule has 0 spiro atoms. The van der Waals surface area contributed by atoms with Crippen LogP contribution in [0, 0.1) is 6.92 Å². The van der Waals surface area contributed by atoms with E-state index in [2.05, 4.69) is 46.0 Å². The molecule has 1 aromatic rings. The van der Waals surface area contributed by atoms with Gasteiger partial charge in [0, 0.05) is 12.1 Å². The van der Waals surface area contributed by atoms with Gasteiger partial charge in [0.25, 0.3) is 0 Å². The van der Waals surface area contributed by atoms with Crippen molar-refractivity contribution >= 4 is 6.08 Å². The van der Waals surface area contributed by atoms with E-state index in [-0.39, 0.29) is 5.54 Å². The lowest BCUT2D eigenvalue weighted by Crippen LogP contribution is -2.36. The predicted molar refractivity (Wildman–Crippen MR) is 64.9 cm³/mol. The number of hydrogen-bond donors (Lipinski definition) is 1. The van der Waals surface area contributed by atoms with Gasteiger partial charge >= 0.3 is 0 Å². The fourth-order valence-electron chi connectivity index (χ4n) is 1.21. The number of furan rings is 1. The van der Waals surface area contributed by atoms with Crippen LogP contribution < -0.4 is 5.32 Å². The van der Waals surface area contributed by atoms with Crippen LogP contribution in [0.5, 0.6) is 0 Å². The Balaban J connectivity index is 2.58. The highest BCUT2D eigenvalue weighted by molar-refractivity contribution is 5.50. The highest BCUT2D eigenvalue weighted by atomic mass is 16.3. The fourth-order valence-corrected chi connectivity index (χ4v) is 1.21. The summed E-state index contributed by atoms with van der Waals surface area (Å²) < 4.78 is 5.36. The van der Waals surface area contributed by atoms with Gasteiger partial charge in [-0.1, -0.05) is 5.57 Å². The molecule has 0 fully saturated rings. The minimum absolute atomic E-state index is 0.160. The molecule has 0 saturated carbocycles. The zero-order valence-corrected chi connectivity index (χ0v) is 10.3. The van der Waals surface area contributed by atoms with E-state index < -0.39 is 0 Å². The molecule has 0 aliphatic heterocycles. The summed E-state index contributed by atoms with van der Waals surface area (Å²) in [5.41, 5.74) is 2.63. The Kier molecular flexibility index (Phi) is 3.75. The van der Waals surface area contributed by atoms with E-state index in [1.165, 1.54) is 11.1 Å². The molecule has 0 amide bonds. The SMILES string of the molecule is C/C(=C/c1occc1C)CNC(C)(C)C. The van der Waals surface area contributed by atoms with Gasteiger partial charge in [0.1, 0.15) is 5.76 Å². The van der Waals surface area contributed by atoms with Crippen LogP contribution in [-0.2, 0) is 0 Å². The van der Waals surface area contributed by atoms with Crippen LogP contribution in [0.4, 0.5) is 0 Å². The number of hydrogen-bond acceptors (Lipinski definition) is 2. The second-order valence-electron chi connectivity index (χ2n) is 5.06. The topological polar surface area (TPSA) is 25.2 Å². The van der Waals surface area contributed by atoms with Crippen LogP contribution in [0.1, 0.15) is 39.0 Å². The standard InChI is InChI=1S/C13H21NO/c1-10(9-14-13(3,4)5)8-12-11(2)6-7-15-12/h6-8,14H,9H2,1-5H3/b10-8-. The predicted octanol–water partition coefficient (Wildman–Crippen LogP) is 3.38. The third-order valence-electron chi connectivity index (χ3n) is 2.18. The molecule has 1 aromatic heterocycles. The molecule has 0 atom stereocenters. The minimum atomic E-state index is 0.160. The van der Waals surface area contributed by atoms with Crippen molar-refractivity contribution in [1.82, 2.24) is 5.32 Å². The summed E-state index contributed by atoms with van der Waals surface area (Å²) in [7, 11) is 0. The molecule has 0 saturated heterocycles. The van der Waals surface area contributed by atoms with Gasteiger partial charge in [-0.15, -0.1) is 0 Å². The van der Waals surface area contributed by atoms with Crippen molar-refractivity contribution in [2.45, 2.75) is 40.2 Å². The van der Waals surface area contributed by atoms with E-state index in [9.17, 15) is 0 Å². The van der Waals surface area contributed by atoms with Gasteiger partial charge in [0.2, 0.25) is 0 Å². The molecule has 2 heteroatoms. The zero-order valence-electron chi connectivity index (χ0n) is 10.3. The quantitative estimate of drug-likeness (QED) is 0.822. The van der Waals surface area contributed by atoms with E-state index in [4.69, 9.17) is 4.42 Å². The van der Waals surface area contributed by atoms with Gasteiger partial charge in [-0.25, -0.2) is 0 Å². The van der Waals surface area contributed by atoms with E-state index >= 15 is 0 Å². The summed E-state index contributed by atoms with van der Waals surface area (Å²) in [5, 5.41) is 3.44. The molecule has 0 aromatic carbocycles. The summed E-state index contributed by atoms with van der Waals surface area (Å²) >= 11 is 0. The average Bonchev–Trinajstić information content (AvgIpc) is 2.47. The second-order valence-corrected chi connectivity index (χ2v) is 5.06. The summed E-state index contributed by atoms with van der Waals surface area (Å²) in [6.07, 6.45) is 3.82. The lowest BCUT2D eigenvalue weighted by Gasteiger charge is -2.20. The summed E-state index contributed by atoms with van der Waals surface area (Å²) in [4.78, 5) is 0. The number of rotatable bonds is 3. The highest BCUT2D eigenvalue weighted by Gasteiger charge is 2.08. The molecule has 1 N–H and O–H groups in total. The van der Waals surface area contributed by atoms with Crippen LogP contribution in [0.25, 0.3) is 6.08 Å². The van der Waals surface area contributed by atoms with E-state index in [0.717, 1.165) is 12.3 Å². The smallest absolute Gasteiger partial charge is 0.129 e. The van der Waals surface area contributed by atoms with Gasteiger partial charge in [0.05, 0.1) is 6.26 Å². The Bertz CT molecular complexity index is 342. The molecule has 1 rings (SSSR count). The average molecular weight is 207 g/mol. The Hall–Kier alpha value is -1.02. The summed E-state index contributed by atoms with van der Waals surface area (Å²) in [6, 6.07) is 1.98. The first-order chi connectivity index (χ1) is 6.88. The molecule has 0 unspecified atom stereocenters. The lowest BCUT2D eigenvalue weighted by atomic mass is 10.1. The molecule has 1 heterocycles. The fraction of sp³-hybridized carbons (Fsp3) is 0.538. The van der Waals surface area contributed by atoms with Crippen LogP contribution in [0.15, 0.2) is 22.3 Å². The molecule has 0 aliphatic carbocycles. The van der Waals surface area contributed by atoms with Gasteiger partial charge in [-0.2, -0.15) is 0 Å². The van der Waals surface area contributed by atoms with Gasteiger partial charge in [-0.05, 0) is 52.3 Å². The first-order valence-electron chi connectivity index (χ1n) is 5.35. The largest absolute Gasteiger partial charge is 0.465 e. The Labute approximate surface area is 92.4 Å². The third-order valence-corrected chi connectivity index (χ3v) is 2.18. The van der Waals surface area contributed by atoms with Crippen molar-refractivity contribution in [3.8, 4) is 0 Å². The summed E-state index contributed by atoms with van der Waals surface area (Å²) in [5.74, 6) is 0.961. The van der Waals surface area contributed by atoms with Crippen molar-refractivity contribution in [1.29, 1.82) is 0 Å². The monoisotopic (exact) mass is 207 g/mol. The van der Waals surface area contributed by atoms with E-state index in [1.807, 2.05) is 6.07 Å². The Morgan fingerprint density at radius 2 is 2.13 bits per heavy atom. The Morgan fingerprint density at radius 1 is 1.47 bits per heavy atom. The number of nitrogens with one attached hydrogen (secondary N) is 1. The van der Waals surface area contributed by atoms with Gasteiger partial charge in [0.15, 0.2) is 0 Å². The Morgan fingerprint density at radius 3 is 2.60 bits per heavy atom. The molecule has 0 radical (unpaired) electrons. The highest BCUT2D eigenvalue weighted by Crippen LogP contribution is 2.13. The van der Waals surface area contributed by atoms with Gasteiger partial charge in [-0.3, -0.25) is 0 Å². The molecular formula is C13H21NO. The molecule has 15 heavy (non-hydrogen) atoms. The van der Waals surface area contributed by atoms with Crippen molar-refractivity contribution in [2.24, 2.45) is 0 Å². The maximum atomic E-state index is 5.36.